The summed E-state index contributed by atoms with van der Waals surface area (Å²) in [5.74, 6) is -2.13. The maximum atomic E-state index is 14.1. The largest absolute Gasteiger partial charge is 0.396 e. The molecule has 7 heteroatoms. The molecule has 0 aliphatic heterocycles. The van der Waals surface area contributed by atoms with Crippen molar-refractivity contribution < 1.29 is 17.2 Å². The summed E-state index contributed by atoms with van der Waals surface area (Å²) >= 11 is 0. The summed E-state index contributed by atoms with van der Waals surface area (Å²) in [4.78, 5) is -0.613. The molecule has 0 heterocycles. The summed E-state index contributed by atoms with van der Waals surface area (Å²) in [7, 11) is -4.17. The van der Waals surface area contributed by atoms with Crippen LogP contribution in [0, 0.1) is 11.6 Å². The predicted molar refractivity (Wildman–Crippen MR) is 89.7 cm³/mol. The zero-order chi connectivity index (χ0) is 17.9. The molecule has 2 N–H and O–H groups in total. The van der Waals surface area contributed by atoms with Gasteiger partial charge in [-0.25, -0.2) is 17.2 Å². The summed E-state index contributed by atoms with van der Waals surface area (Å²) in [6.45, 7) is 3.67. The second-order valence-electron chi connectivity index (χ2n) is 5.60. The lowest BCUT2D eigenvalue weighted by Crippen LogP contribution is -2.38. The van der Waals surface area contributed by atoms with E-state index in [1.165, 1.54) is 4.31 Å². The van der Waals surface area contributed by atoms with Gasteiger partial charge in [-0.15, -0.1) is 0 Å². The molecule has 0 spiro atoms. The fraction of sp³-hybridized carbons (Fsp3) is 0.294. The van der Waals surface area contributed by atoms with Gasteiger partial charge in [-0.05, 0) is 25.0 Å². The van der Waals surface area contributed by atoms with Crippen molar-refractivity contribution in [3.05, 3.63) is 59.7 Å². The van der Waals surface area contributed by atoms with E-state index < -0.39 is 32.2 Å². The van der Waals surface area contributed by atoms with Crippen LogP contribution >= 0.6 is 0 Å². The summed E-state index contributed by atoms with van der Waals surface area (Å²) in [5, 5.41) is 0. The van der Waals surface area contributed by atoms with Gasteiger partial charge in [-0.1, -0.05) is 37.3 Å². The first-order valence-corrected chi connectivity index (χ1v) is 9.01. The molecule has 24 heavy (non-hydrogen) atoms. The van der Waals surface area contributed by atoms with Crippen LogP contribution in [0.25, 0.3) is 0 Å². The summed E-state index contributed by atoms with van der Waals surface area (Å²) in [6, 6.07) is 9.98. The highest BCUT2D eigenvalue weighted by Gasteiger charge is 2.31. The Kier molecular flexibility index (Phi) is 5.56. The minimum absolute atomic E-state index is 0.0922. The summed E-state index contributed by atoms with van der Waals surface area (Å²) in [5.41, 5.74) is 5.79. The highest BCUT2D eigenvalue weighted by atomic mass is 32.2. The van der Waals surface area contributed by atoms with E-state index in [0.29, 0.717) is 12.5 Å². The number of nitrogens with zero attached hydrogens (tertiary/aromatic N) is 1. The Bertz CT molecular complexity index is 811. The van der Waals surface area contributed by atoms with Gasteiger partial charge in [0.05, 0.1) is 5.69 Å². The van der Waals surface area contributed by atoms with Gasteiger partial charge in [0, 0.05) is 18.7 Å². The zero-order valence-corrected chi connectivity index (χ0v) is 14.4. The first-order chi connectivity index (χ1) is 11.3. The minimum Gasteiger partial charge on any atom is -0.396 e. The number of hydrogen-bond donors (Lipinski definition) is 1. The molecule has 130 valence electrons. The van der Waals surface area contributed by atoms with E-state index >= 15 is 0 Å². The van der Waals surface area contributed by atoms with Crippen molar-refractivity contribution in [3.8, 4) is 0 Å². The fourth-order valence-corrected chi connectivity index (χ4v) is 4.09. The normalized spacial score (nSPS) is 13.2. The third-order valence-electron chi connectivity index (χ3n) is 3.90. The molecular weight excluding hydrogens is 334 g/mol. The molecule has 0 radical (unpaired) electrons. The van der Waals surface area contributed by atoms with E-state index in [-0.39, 0.29) is 12.6 Å². The molecule has 0 fully saturated rings. The second-order valence-corrected chi connectivity index (χ2v) is 7.46. The molecule has 0 saturated carbocycles. The van der Waals surface area contributed by atoms with E-state index in [1.807, 2.05) is 13.0 Å². The highest BCUT2D eigenvalue weighted by molar-refractivity contribution is 7.89. The Morgan fingerprint density at radius 1 is 1.12 bits per heavy atom. The molecule has 0 bridgehead atoms. The number of nitrogen functional groups attached to an aromatic ring is 1. The number of rotatable bonds is 6. The van der Waals surface area contributed by atoms with Gasteiger partial charge in [-0.2, -0.15) is 4.31 Å². The smallest absolute Gasteiger partial charge is 0.246 e. The molecule has 2 aromatic rings. The Balaban J connectivity index is 2.50. The maximum Gasteiger partial charge on any atom is 0.246 e. The SMILES string of the molecule is CCC(C)N(Cc1ccccc1)S(=O)(=O)c1cc(N)c(F)cc1F. The first kappa shape index (κ1) is 18.4. The zero-order valence-electron chi connectivity index (χ0n) is 13.5. The lowest BCUT2D eigenvalue weighted by molar-refractivity contribution is 0.321. The van der Waals surface area contributed by atoms with Crippen LogP contribution in [0.1, 0.15) is 25.8 Å². The Labute approximate surface area is 141 Å². The number of halogens is 2. The first-order valence-electron chi connectivity index (χ1n) is 7.57. The van der Waals surface area contributed by atoms with Crippen molar-refractivity contribution in [2.45, 2.75) is 37.8 Å². The van der Waals surface area contributed by atoms with E-state index in [1.54, 1.807) is 31.2 Å². The van der Waals surface area contributed by atoms with Crippen molar-refractivity contribution >= 4 is 15.7 Å². The third-order valence-corrected chi connectivity index (χ3v) is 5.88. The van der Waals surface area contributed by atoms with Gasteiger partial charge in [0.15, 0.2) is 0 Å². The molecular formula is C17H20F2N2O2S. The van der Waals surface area contributed by atoms with Gasteiger partial charge in [0.25, 0.3) is 0 Å². The number of anilines is 1. The molecule has 0 aliphatic rings. The minimum atomic E-state index is -4.17. The van der Waals surface area contributed by atoms with Crippen LogP contribution in [0.5, 0.6) is 0 Å². The molecule has 1 unspecified atom stereocenters. The lowest BCUT2D eigenvalue weighted by Gasteiger charge is -2.28. The second kappa shape index (κ2) is 7.27. The van der Waals surface area contributed by atoms with Crippen molar-refractivity contribution in [1.82, 2.24) is 4.31 Å². The van der Waals surface area contributed by atoms with Crippen LogP contribution in [0.15, 0.2) is 47.4 Å². The van der Waals surface area contributed by atoms with Gasteiger partial charge in [0.1, 0.15) is 16.5 Å². The van der Waals surface area contributed by atoms with Gasteiger partial charge in [-0.3, -0.25) is 0 Å². The molecule has 0 aliphatic carbocycles. The lowest BCUT2D eigenvalue weighted by atomic mass is 10.2. The van der Waals surface area contributed by atoms with Crippen molar-refractivity contribution in [2.75, 3.05) is 5.73 Å². The van der Waals surface area contributed by atoms with Crippen molar-refractivity contribution in [2.24, 2.45) is 0 Å². The third kappa shape index (κ3) is 3.73. The van der Waals surface area contributed by atoms with Crippen LogP contribution in [0.3, 0.4) is 0 Å². The van der Waals surface area contributed by atoms with Crippen molar-refractivity contribution in [1.29, 1.82) is 0 Å². The Hall–Kier alpha value is -1.99. The van der Waals surface area contributed by atoms with Crippen LogP contribution < -0.4 is 5.73 Å². The van der Waals surface area contributed by atoms with E-state index in [9.17, 15) is 17.2 Å². The van der Waals surface area contributed by atoms with Crippen LogP contribution in [-0.2, 0) is 16.6 Å². The molecule has 0 saturated heterocycles. The van der Waals surface area contributed by atoms with Crippen molar-refractivity contribution in [3.63, 3.8) is 0 Å². The van der Waals surface area contributed by atoms with Crippen LogP contribution in [-0.4, -0.2) is 18.8 Å². The predicted octanol–water partition coefficient (Wildman–Crippen LogP) is 3.54. The molecule has 0 amide bonds. The quantitative estimate of drug-likeness (QED) is 0.807. The van der Waals surface area contributed by atoms with Crippen LogP contribution in [0.2, 0.25) is 0 Å². The van der Waals surface area contributed by atoms with Gasteiger partial charge < -0.3 is 5.73 Å². The topological polar surface area (TPSA) is 63.4 Å². The molecule has 2 rings (SSSR count). The molecule has 2 aromatic carbocycles. The highest BCUT2D eigenvalue weighted by Crippen LogP contribution is 2.27. The average Bonchev–Trinajstić information content (AvgIpc) is 2.56. The monoisotopic (exact) mass is 354 g/mol. The number of nitrogens with two attached hydrogens (primary N) is 1. The average molecular weight is 354 g/mol. The Morgan fingerprint density at radius 2 is 1.75 bits per heavy atom. The number of sulfonamides is 1. The standard InChI is InChI=1S/C17H20F2N2O2S/c1-3-12(2)21(11-13-7-5-4-6-8-13)24(22,23)17-10-16(20)14(18)9-15(17)19/h4-10,12H,3,11,20H2,1-2H3. The molecule has 0 aromatic heterocycles. The Morgan fingerprint density at radius 3 is 2.33 bits per heavy atom. The van der Waals surface area contributed by atoms with E-state index in [4.69, 9.17) is 5.73 Å². The molecule has 1 atom stereocenters. The van der Waals surface area contributed by atoms with E-state index in [2.05, 4.69) is 0 Å². The summed E-state index contributed by atoms with van der Waals surface area (Å²) in [6.07, 6.45) is 0.546. The molecule has 4 nitrogen and oxygen atoms in total. The van der Waals surface area contributed by atoms with E-state index in [0.717, 1.165) is 11.6 Å². The summed E-state index contributed by atoms with van der Waals surface area (Å²) < 4.78 is 54.5. The fourth-order valence-electron chi connectivity index (χ4n) is 2.31. The van der Waals surface area contributed by atoms with Gasteiger partial charge >= 0.3 is 0 Å². The van der Waals surface area contributed by atoms with Crippen LogP contribution in [0.4, 0.5) is 14.5 Å². The number of benzene rings is 2. The van der Waals surface area contributed by atoms with Gasteiger partial charge in [0.2, 0.25) is 10.0 Å². The maximum absolute atomic E-state index is 14.1. The number of hydrogen-bond acceptors (Lipinski definition) is 3.